The van der Waals surface area contributed by atoms with E-state index < -0.39 is 6.36 Å². The van der Waals surface area contributed by atoms with Gasteiger partial charge in [0, 0.05) is 16.7 Å². The van der Waals surface area contributed by atoms with Gasteiger partial charge in [-0.1, -0.05) is 25.3 Å². The highest BCUT2D eigenvalue weighted by Crippen LogP contribution is 2.44. The molecule has 0 saturated heterocycles. The van der Waals surface area contributed by atoms with Crippen LogP contribution in [0.25, 0.3) is 0 Å². The van der Waals surface area contributed by atoms with Crippen molar-refractivity contribution >= 4 is 11.3 Å². The van der Waals surface area contributed by atoms with E-state index >= 15 is 0 Å². The average Bonchev–Trinajstić information content (AvgIpc) is 2.71. The van der Waals surface area contributed by atoms with Crippen LogP contribution in [0.3, 0.4) is 0 Å². The van der Waals surface area contributed by atoms with Gasteiger partial charge in [0.2, 0.25) is 6.36 Å². The van der Waals surface area contributed by atoms with Crippen LogP contribution in [-0.2, 0) is 5.41 Å². The topological polar surface area (TPSA) is 20.2 Å². The molecule has 0 bridgehead atoms. The molecule has 1 fully saturated rings. The third-order valence-corrected chi connectivity index (χ3v) is 4.30. The molecule has 1 heterocycles. The zero-order valence-electron chi connectivity index (χ0n) is 8.66. The van der Waals surface area contributed by atoms with Crippen molar-refractivity contribution < 1.29 is 9.50 Å². The minimum absolute atomic E-state index is 0.208. The van der Waals surface area contributed by atoms with Gasteiger partial charge in [0.05, 0.1) is 0 Å². The molecule has 15 heavy (non-hydrogen) atoms. The normalized spacial score (nSPS) is 22.5. The zero-order chi connectivity index (χ0) is 10.7. The predicted octanol–water partition coefficient (Wildman–Crippen LogP) is 3.44. The molecule has 1 aliphatic carbocycles. The zero-order valence-corrected chi connectivity index (χ0v) is 9.47. The van der Waals surface area contributed by atoms with Crippen LogP contribution in [0.15, 0.2) is 17.5 Å². The van der Waals surface area contributed by atoms with Crippen molar-refractivity contribution in [2.75, 3.05) is 0 Å². The maximum absolute atomic E-state index is 12.8. The molecule has 2 rings (SSSR count). The fraction of sp³-hybridized carbons (Fsp3) is 0.583. The van der Waals surface area contributed by atoms with E-state index in [0.717, 1.165) is 25.7 Å². The lowest BCUT2D eigenvalue weighted by Gasteiger charge is -2.36. The number of aliphatic hydroxyl groups is 1. The van der Waals surface area contributed by atoms with Gasteiger partial charge in [-0.15, -0.1) is 11.3 Å². The smallest absolute Gasteiger partial charge is 0.200 e. The van der Waals surface area contributed by atoms with Crippen LogP contribution in [0.5, 0.6) is 0 Å². The van der Waals surface area contributed by atoms with Crippen molar-refractivity contribution in [2.45, 2.75) is 43.9 Å². The fourth-order valence-corrected chi connectivity index (χ4v) is 3.47. The van der Waals surface area contributed by atoms with Gasteiger partial charge in [-0.25, -0.2) is 4.39 Å². The maximum atomic E-state index is 12.8. The molecule has 1 radical (unpaired) electrons. The Morgan fingerprint density at radius 2 is 2.13 bits per heavy atom. The molecule has 1 atom stereocenters. The number of hydrogen-bond acceptors (Lipinski definition) is 2. The standard InChI is InChI=1S/C12H16FOS/c13-11(14)9-12(6-2-1-3-7-12)10-5-4-8-15-10/h4-5,8-9,11,14H,1-3,6-7H2. The third-order valence-electron chi connectivity index (χ3n) is 3.21. The lowest BCUT2D eigenvalue weighted by Crippen LogP contribution is -2.32. The van der Waals surface area contributed by atoms with Gasteiger partial charge in [0.1, 0.15) is 0 Å². The summed E-state index contributed by atoms with van der Waals surface area (Å²) < 4.78 is 12.8. The van der Waals surface area contributed by atoms with Crippen molar-refractivity contribution in [3.05, 3.63) is 28.8 Å². The summed E-state index contributed by atoms with van der Waals surface area (Å²) >= 11 is 1.66. The SMILES string of the molecule is OC(F)[CH]C1(c2cccs2)CCCCC1. The first-order chi connectivity index (χ1) is 7.23. The monoisotopic (exact) mass is 227 g/mol. The Bertz CT molecular complexity index is 289. The Hall–Kier alpha value is -0.410. The summed E-state index contributed by atoms with van der Waals surface area (Å²) in [7, 11) is 0. The second-order valence-corrected chi connectivity index (χ2v) is 5.18. The number of rotatable bonds is 3. The van der Waals surface area contributed by atoms with E-state index in [0.29, 0.717) is 0 Å². The molecular formula is C12H16FOS. The van der Waals surface area contributed by atoms with Crippen LogP contribution in [0, 0.1) is 6.42 Å². The van der Waals surface area contributed by atoms with Gasteiger partial charge in [-0.05, 0) is 24.3 Å². The predicted molar refractivity (Wildman–Crippen MR) is 60.5 cm³/mol. The molecule has 0 amide bonds. The Kier molecular flexibility index (Phi) is 3.42. The summed E-state index contributed by atoms with van der Waals surface area (Å²) in [5.74, 6) is 0. The number of hydrogen-bond donors (Lipinski definition) is 1. The van der Waals surface area contributed by atoms with Crippen LogP contribution in [0.4, 0.5) is 4.39 Å². The second-order valence-electron chi connectivity index (χ2n) is 4.23. The van der Waals surface area contributed by atoms with Crippen LogP contribution in [0.1, 0.15) is 37.0 Å². The van der Waals surface area contributed by atoms with Gasteiger partial charge in [0.15, 0.2) is 0 Å². The van der Waals surface area contributed by atoms with E-state index in [-0.39, 0.29) is 5.41 Å². The first-order valence-corrected chi connectivity index (χ1v) is 6.33. The van der Waals surface area contributed by atoms with Crippen molar-refractivity contribution in [2.24, 2.45) is 0 Å². The molecule has 1 aliphatic rings. The Labute approximate surface area is 93.9 Å². The molecule has 0 aromatic carbocycles. The van der Waals surface area contributed by atoms with Crippen molar-refractivity contribution in [1.29, 1.82) is 0 Å². The summed E-state index contributed by atoms with van der Waals surface area (Å²) in [6, 6.07) is 4.05. The molecule has 0 aliphatic heterocycles. The largest absolute Gasteiger partial charge is 0.364 e. The fourth-order valence-electron chi connectivity index (χ4n) is 2.50. The van der Waals surface area contributed by atoms with Gasteiger partial charge in [0.25, 0.3) is 0 Å². The van der Waals surface area contributed by atoms with Gasteiger partial charge in [-0.3, -0.25) is 0 Å². The van der Waals surface area contributed by atoms with E-state index in [2.05, 4.69) is 6.07 Å². The summed E-state index contributed by atoms with van der Waals surface area (Å²) in [6.45, 7) is 0. The van der Waals surface area contributed by atoms with E-state index in [1.165, 1.54) is 17.7 Å². The minimum Gasteiger partial charge on any atom is -0.364 e. The molecule has 1 aromatic heterocycles. The number of alkyl halides is 1. The number of halogens is 1. The Morgan fingerprint density at radius 3 is 2.67 bits per heavy atom. The number of thiophene rings is 1. The molecule has 83 valence electrons. The van der Waals surface area contributed by atoms with Crippen molar-refractivity contribution in [1.82, 2.24) is 0 Å². The Balaban J connectivity index is 2.21. The van der Waals surface area contributed by atoms with Gasteiger partial charge < -0.3 is 5.11 Å². The minimum atomic E-state index is -1.80. The Morgan fingerprint density at radius 1 is 1.40 bits per heavy atom. The van der Waals surface area contributed by atoms with E-state index in [9.17, 15) is 4.39 Å². The van der Waals surface area contributed by atoms with Crippen LogP contribution in [0.2, 0.25) is 0 Å². The first kappa shape index (κ1) is 11.1. The molecule has 0 spiro atoms. The molecule has 1 saturated carbocycles. The quantitative estimate of drug-likeness (QED) is 0.838. The molecule has 1 nitrogen and oxygen atoms in total. The maximum Gasteiger partial charge on any atom is 0.200 e. The summed E-state index contributed by atoms with van der Waals surface area (Å²) in [5, 5.41) is 11.0. The van der Waals surface area contributed by atoms with E-state index in [1.807, 2.05) is 11.4 Å². The van der Waals surface area contributed by atoms with E-state index in [4.69, 9.17) is 5.11 Å². The van der Waals surface area contributed by atoms with Crippen LogP contribution >= 0.6 is 11.3 Å². The highest BCUT2D eigenvalue weighted by Gasteiger charge is 2.37. The van der Waals surface area contributed by atoms with Crippen LogP contribution in [-0.4, -0.2) is 11.5 Å². The molecule has 1 aromatic rings. The molecular weight excluding hydrogens is 211 g/mol. The van der Waals surface area contributed by atoms with Crippen LogP contribution < -0.4 is 0 Å². The second kappa shape index (κ2) is 4.62. The van der Waals surface area contributed by atoms with Gasteiger partial charge >= 0.3 is 0 Å². The molecule has 3 heteroatoms. The molecule has 1 unspecified atom stereocenters. The summed E-state index contributed by atoms with van der Waals surface area (Å²) in [6.07, 6.45) is 5.09. The highest BCUT2D eigenvalue weighted by atomic mass is 32.1. The lowest BCUT2D eigenvalue weighted by atomic mass is 9.71. The lowest BCUT2D eigenvalue weighted by molar-refractivity contribution is 0.0534. The van der Waals surface area contributed by atoms with E-state index in [1.54, 1.807) is 11.3 Å². The van der Waals surface area contributed by atoms with Crippen molar-refractivity contribution in [3.8, 4) is 0 Å². The summed E-state index contributed by atoms with van der Waals surface area (Å²) in [4.78, 5) is 1.19. The summed E-state index contributed by atoms with van der Waals surface area (Å²) in [5.41, 5.74) is -0.208. The number of aliphatic hydroxyl groups excluding tert-OH is 1. The van der Waals surface area contributed by atoms with Crippen molar-refractivity contribution in [3.63, 3.8) is 0 Å². The van der Waals surface area contributed by atoms with Gasteiger partial charge in [-0.2, -0.15) is 0 Å². The first-order valence-electron chi connectivity index (χ1n) is 5.45. The average molecular weight is 227 g/mol. The highest BCUT2D eigenvalue weighted by molar-refractivity contribution is 7.10. The third kappa shape index (κ3) is 2.40. The molecule has 1 N–H and O–H groups in total.